The molecule has 0 saturated heterocycles. The van der Waals surface area contributed by atoms with Gasteiger partial charge in [0.05, 0.1) is 0 Å². The second-order valence-electron chi connectivity index (χ2n) is 4.03. The molecule has 0 aliphatic carbocycles. The van der Waals surface area contributed by atoms with Crippen LogP contribution >= 0.6 is 0 Å². The van der Waals surface area contributed by atoms with E-state index in [9.17, 15) is 4.39 Å². The van der Waals surface area contributed by atoms with Crippen molar-refractivity contribution in [2.45, 2.75) is 13.8 Å². The normalized spacial score (nSPS) is 10.2. The maximum Gasteiger partial charge on any atom is 0.138 e. The van der Waals surface area contributed by atoms with Crippen molar-refractivity contribution in [3.05, 3.63) is 41.5 Å². The molecular weight excluding hydrogens is 231 g/mol. The van der Waals surface area contributed by atoms with Crippen molar-refractivity contribution in [2.24, 2.45) is 0 Å². The Bertz CT molecular complexity index is 569. The first kappa shape index (κ1) is 12.3. The Hall–Kier alpha value is -2.17. The Morgan fingerprint density at radius 1 is 1.11 bits per heavy atom. The molecule has 0 radical (unpaired) electrons. The molecule has 0 atom stereocenters. The average Bonchev–Trinajstić information content (AvgIpc) is 2.35. The van der Waals surface area contributed by atoms with Gasteiger partial charge in [0.15, 0.2) is 0 Å². The molecule has 0 spiro atoms. The fraction of sp³-hybridized carbons (Fsp3) is 0.231. The first-order valence-corrected chi connectivity index (χ1v) is 5.64. The van der Waals surface area contributed by atoms with Crippen LogP contribution in [-0.2, 0) is 0 Å². The number of halogens is 1. The lowest BCUT2D eigenvalue weighted by molar-refractivity contribution is 0.627. The minimum Gasteiger partial charge on any atom is -0.373 e. The molecule has 0 bridgehead atoms. The summed E-state index contributed by atoms with van der Waals surface area (Å²) < 4.78 is 13.0. The Balaban J connectivity index is 2.34. The number of nitrogens with zero attached hydrogens (tertiary/aromatic N) is 2. The van der Waals surface area contributed by atoms with Crippen LogP contribution in [0.3, 0.4) is 0 Å². The number of nitrogens with one attached hydrogen (secondary N) is 2. The summed E-state index contributed by atoms with van der Waals surface area (Å²) in [6, 6.07) is 4.61. The molecule has 4 nitrogen and oxygen atoms in total. The molecule has 18 heavy (non-hydrogen) atoms. The van der Waals surface area contributed by atoms with Crippen LogP contribution in [0.4, 0.5) is 21.7 Å². The van der Waals surface area contributed by atoms with E-state index in [1.807, 2.05) is 20.9 Å². The van der Waals surface area contributed by atoms with Crippen molar-refractivity contribution in [2.75, 3.05) is 17.7 Å². The maximum absolute atomic E-state index is 13.0. The van der Waals surface area contributed by atoms with E-state index in [0.717, 1.165) is 22.6 Å². The third-order valence-corrected chi connectivity index (χ3v) is 2.76. The molecule has 94 valence electrons. The van der Waals surface area contributed by atoms with Gasteiger partial charge in [0.1, 0.15) is 23.8 Å². The fourth-order valence-electron chi connectivity index (χ4n) is 1.72. The lowest BCUT2D eigenvalue weighted by atomic mass is 10.2. The highest BCUT2D eigenvalue weighted by molar-refractivity contribution is 5.66. The monoisotopic (exact) mass is 246 g/mol. The van der Waals surface area contributed by atoms with Crippen LogP contribution < -0.4 is 10.6 Å². The average molecular weight is 246 g/mol. The summed E-state index contributed by atoms with van der Waals surface area (Å²) in [6.07, 6.45) is 1.49. The van der Waals surface area contributed by atoms with Gasteiger partial charge < -0.3 is 10.6 Å². The van der Waals surface area contributed by atoms with Crippen molar-refractivity contribution in [1.82, 2.24) is 9.97 Å². The number of hydrogen-bond donors (Lipinski definition) is 2. The fourth-order valence-corrected chi connectivity index (χ4v) is 1.72. The second kappa shape index (κ2) is 5.00. The van der Waals surface area contributed by atoms with E-state index in [0.29, 0.717) is 5.82 Å². The Morgan fingerprint density at radius 3 is 2.50 bits per heavy atom. The van der Waals surface area contributed by atoms with Crippen molar-refractivity contribution < 1.29 is 4.39 Å². The van der Waals surface area contributed by atoms with E-state index in [2.05, 4.69) is 20.6 Å². The molecule has 5 heteroatoms. The lowest BCUT2D eigenvalue weighted by Gasteiger charge is -2.12. The smallest absolute Gasteiger partial charge is 0.138 e. The van der Waals surface area contributed by atoms with Crippen molar-refractivity contribution in [3.63, 3.8) is 0 Å². The number of rotatable bonds is 3. The Labute approximate surface area is 105 Å². The van der Waals surface area contributed by atoms with Crippen LogP contribution in [0.1, 0.15) is 11.1 Å². The SMILES string of the molecule is CNc1ncnc(Nc2ccc(F)cc2C)c1C. The van der Waals surface area contributed by atoms with Gasteiger partial charge in [-0.1, -0.05) is 0 Å². The predicted molar refractivity (Wildman–Crippen MR) is 70.7 cm³/mol. The third kappa shape index (κ3) is 2.40. The molecular formula is C13H15FN4. The van der Waals surface area contributed by atoms with Crippen molar-refractivity contribution in [3.8, 4) is 0 Å². The van der Waals surface area contributed by atoms with Gasteiger partial charge in [-0.15, -0.1) is 0 Å². The molecule has 2 aromatic rings. The number of aromatic nitrogens is 2. The van der Waals surface area contributed by atoms with Gasteiger partial charge in [0, 0.05) is 18.3 Å². The summed E-state index contributed by atoms with van der Waals surface area (Å²) in [7, 11) is 1.81. The quantitative estimate of drug-likeness (QED) is 0.874. The molecule has 0 fully saturated rings. The van der Waals surface area contributed by atoms with Gasteiger partial charge in [-0.05, 0) is 37.6 Å². The van der Waals surface area contributed by atoms with E-state index < -0.39 is 0 Å². The third-order valence-electron chi connectivity index (χ3n) is 2.76. The number of anilines is 3. The van der Waals surface area contributed by atoms with Gasteiger partial charge >= 0.3 is 0 Å². The molecule has 2 N–H and O–H groups in total. The molecule has 0 aliphatic rings. The highest BCUT2D eigenvalue weighted by Crippen LogP contribution is 2.24. The highest BCUT2D eigenvalue weighted by Gasteiger charge is 2.07. The molecule has 1 aromatic carbocycles. The molecule has 1 aromatic heterocycles. The van der Waals surface area contributed by atoms with E-state index in [-0.39, 0.29) is 5.82 Å². The largest absolute Gasteiger partial charge is 0.373 e. The van der Waals surface area contributed by atoms with Crippen molar-refractivity contribution in [1.29, 1.82) is 0 Å². The molecule has 0 unspecified atom stereocenters. The summed E-state index contributed by atoms with van der Waals surface area (Å²) in [5.41, 5.74) is 2.59. The molecule has 0 amide bonds. The standard InChI is InChI=1S/C13H15FN4/c1-8-6-10(14)4-5-11(8)18-13-9(2)12(15-3)16-7-17-13/h4-7H,1-3H3,(H2,15,16,17,18). The van der Waals surface area contributed by atoms with E-state index >= 15 is 0 Å². The Morgan fingerprint density at radius 2 is 1.83 bits per heavy atom. The minimum absolute atomic E-state index is 0.242. The van der Waals surface area contributed by atoms with Gasteiger partial charge in [0.2, 0.25) is 0 Å². The predicted octanol–water partition coefficient (Wildman–Crippen LogP) is 3.02. The van der Waals surface area contributed by atoms with Gasteiger partial charge in [-0.25, -0.2) is 14.4 Å². The Kier molecular flexibility index (Phi) is 3.41. The topological polar surface area (TPSA) is 49.8 Å². The number of aryl methyl sites for hydroxylation is 1. The van der Waals surface area contributed by atoms with E-state index in [1.165, 1.54) is 18.5 Å². The lowest BCUT2D eigenvalue weighted by Crippen LogP contribution is -2.03. The van der Waals surface area contributed by atoms with Crippen LogP contribution in [0.2, 0.25) is 0 Å². The van der Waals surface area contributed by atoms with Gasteiger partial charge in [-0.2, -0.15) is 0 Å². The minimum atomic E-state index is -0.242. The van der Waals surface area contributed by atoms with Crippen LogP contribution in [0.5, 0.6) is 0 Å². The number of benzene rings is 1. The van der Waals surface area contributed by atoms with Crippen LogP contribution in [0, 0.1) is 19.7 Å². The molecule has 0 saturated carbocycles. The van der Waals surface area contributed by atoms with E-state index in [4.69, 9.17) is 0 Å². The first-order chi connectivity index (χ1) is 8.61. The zero-order chi connectivity index (χ0) is 13.1. The van der Waals surface area contributed by atoms with Gasteiger partial charge in [-0.3, -0.25) is 0 Å². The van der Waals surface area contributed by atoms with Crippen LogP contribution in [0.25, 0.3) is 0 Å². The molecule has 1 heterocycles. The zero-order valence-corrected chi connectivity index (χ0v) is 10.6. The van der Waals surface area contributed by atoms with Crippen molar-refractivity contribution >= 4 is 17.3 Å². The molecule has 2 rings (SSSR count). The summed E-state index contributed by atoms with van der Waals surface area (Å²) in [4.78, 5) is 8.30. The number of hydrogen-bond acceptors (Lipinski definition) is 4. The highest BCUT2D eigenvalue weighted by atomic mass is 19.1. The van der Waals surface area contributed by atoms with Crippen LogP contribution in [-0.4, -0.2) is 17.0 Å². The summed E-state index contributed by atoms with van der Waals surface area (Å²) in [6.45, 7) is 3.77. The first-order valence-electron chi connectivity index (χ1n) is 5.64. The summed E-state index contributed by atoms with van der Waals surface area (Å²) >= 11 is 0. The zero-order valence-electron chi connectivity index (χ0n) is 10.6. The van der Waals surface area contributed by atoms with Gasteiger partial charge in [0.25, 0.3) is 0 Å². The summed E-state index contributed by atoms with van der Waals surface area (Å²) in [5.74, 6) is 1.24. The van der Waals surface area contributed by atoms with E-state index in [1.54, 1.807) is 6.07 Å². The van der Waals surface area contributed by atoms with Crippen LogP contribution in [0.15, 0.2) is 24.5 Å². The maximum atomic E-state index is 13.0. The summed E-state index contributed by atoms with van der Waals surface area (Å²) in [5, 5.41) is 6.18. The second-order valence-corrected chi connectivity index (χ2v) is 4.03. The molecule has 0 aliphatic heterocycles.